The molecule has 0 spiro atoms. The lowest BCUT2D eigenvalue weighted by Gasteiger charge is -2.22. The molecular weight excluding hydrogens is 214 g/mol. The van der Waals surface area contributed by atoms with Crippen LogP contribution in [0.5, 0.6) is 0 Å². The summed E-state index contributed by atoms with van der Waals surface area (Å²) in [6.07, 6.45) is 0. The average Bonchev–Trinajstić information content (AvgIpc) is 2.64. The number of rotatable bonds is 1. The van der Waals surface area contributed by atoms with Crippen LogP contribution in [-0.4, -0.2) is 17.0 Å². The Bertz CT molecular complexity index is 600. The van der Waals surface area contributed by atoms with Crippen LogP contribution >= 0.6 is 0 Å². The lowest BCUT2D eigenvalue weighted by Crippen LogP contribution is -2.36. The minimum atomic E-state index is -0.255. The van der Waals surface area contributed by atoms with Crippen LogP contribution in [0.1, 0.15) is 17.2 Å². The second kappa shape index (κ2) is 3.60. The van der Waals surface area contributed by atoms with Crippen molar-refractivity contribution in [1.82, 2.24) is 9.88 Å². The van der Waals surface area contributed by atoms with Crippen LogP contribution < -0.4 is 11.1 Å². The Morgan fingerprint density at radius 3 is 3.00 bits per heavy atom. The van der Waals surface area contributed by atoms with Gasteiger partial charge in [-0.25, -0.2) is 0 Å². The van der Waals surface area contributed by atoms with Gasteiger partial charge >= 0.3 is 0 Å². The number of primary amides is 1. The van der Waals surface area contributed by atoms with E-state index in [-0.39, 0.29) is 11.8 Å². The molecule has 1 aromatic carbocycles. The molecule has 17 heavy (non-hydrogen) atoms. The number of amides is 1. The standard InChI is InChI=1S/C13H15N3O/c1-16-10-5-3-2-4-8(10)12-9(13(14)17)6-15-7-11(12)16/h2-5,9,15H,6-7H2,1H3,(H2,14,17). The van der Waals surface area contributed by atoms with Crippen molar-refractivity contribution in [2.24, 2.45) is 12.8 Å². The molecule has 3 rings (SSSR count). The number of hydrogen-bond acceptors (Lipinski definition) is 2. The van der Waals surface area contributed by atoms with E-state index >= 15 is 0 Å². The van der Waals surface area contributed by atoms with E-state index in [9.17, 15) is 4.79 Å². The highest BCUT2D eigenvalue weighted by Crippen LogP contribution is 2.33. The molecule has 1 atom stereocenters. The van der Waals surface area contributed by atoms with E-state index in [0.717, 1.165) is 23.0 Å². The van der Waals surface area contributed by atoms with Gasteiger partial charge in [0.2, 0.25) is 5.91 Å². The minimum absolute atomic E-state index is 0.218. The molecule has 1 amide bonds. The predicted molar refractivity (Wildman–Crippen MR) is 66.6 cm³/mol. The van der Waals surface area contributed by atoms with Crippen LogP contribution in [0.3, 0.4) is 0 Å². The summed E-state index contributed by atoms with van der Waals surface area (Å²) in [5.41, 5.74) is 8.93. The number of hydrogen-bond donors (Lipinski definition) is 2. The molecule has 0 saturated carbocycles. The van der Waals surface area contributed by atoms with Gasteiger partial charge in [-0.05, 0) is 11.6 Å². The quantitative estimate of drug-likeness (QED) is 0.761. The van der Waals surface area contributed by atoms with Crippen molar-refractivity contribution in [3.8, 4) is 0 Å². The number of nitrogens with one attached hydrogen (secondary N) is 1. The van der Waals surface area contributed by atoms with Crippen LogP contribution in [-0.2, 0) is 18.4 Å². The Balaban J connectivity index is 2.35. The van der Waals surface area contributed by atoms with Gasteiger partial charge < -0.3 is 15.6 Å². The van der Waals surface area contributed by atoms with Crippen molar-refractivity contribution in [3.63, 3.8) is 0 Å². The Morgan fingerprint density at radius 1 is 1.47 bits per heavy atom. The number of benzene rings is 1. The highest BCUT2D eigenvalue weighted by atomic mass is 16.1. The van der Waals surface area contributed by atoms with Gasteiger partial charge in [0.05, 0.1) is 5.92 Å². The fraction of sp³-hybridized carbons (Fsp3) is 0.308. The first-order valence-corrected chi connectivity index (χ1v) is 5.76. The Labute approximate surface area is 99.4 Å². The van der Waals surface area contributed by atoms with E-state index in [2.05, 4.69) is 22.0 Å². The molecule has 2 heterocycles. The second-order valence-corrected chi connectivity index (χ2v) is 4.52. The van der Waals surface area contributed by atoms with E-state index in [4.69, 9.17) is 5.73 Å². The first-order valence-electron chi connectivity index (χ1n) is 5.76. The molecule has 4 heteroatoms. The van der Waals surface area contributed by atoms with Crippen molar-refractivity contribution in [3.05, 3.63) is 35.5 Å². The molecule has 3 N–H and O–H groups in total. The molecule has 1 aromatic heterocycles. The SMILES string of the molecule is Cn1c2c(c3ccccc31)C(C(N)=O)CNC2. The summed E-state index contributed by atoms with van der Waals surface area (Å²) in [5, 5.41) is 4.40. The molecule has 0 aliphatic carbocycles. The zero-order chi connectivity index (χ0) is 12.0. The van der Waals surface area contributed by atoms with E-state index in [1.807, 2.05) is 19.2 Å². The van der Waals surface area contributed by atoms with Gasteiger partial charge in [0.25, 0.3) is 0 Å². The van der Waals surface area contributed by atoms with Crippen LogP contribution in [0.25, 0.3) is 10.9 Å². The smallest absolute Gasteiger partial charge is 0.226 e. The van der Waals surface area contributed by atoms with E-state index in [1.165, 1.54) is 5.69 Å². The predicted octanol–water partition coefficient (Wildman–Crippen LogP) is 0.850. The summed E-state index contributed by atoms with van der Waals surface area (Å²) >= 11 is 0. The number of carbonyl (C=O) groups excluding carboxylic acids is 1. The lowest BCUT2D eigenvalue weighted by atomic mass is 9.92. The monoisotopic (exact) mass is 229 g/mol. The van der Waals surface area contributed by atoms with E-state index in [1.54, 1.807) is 0 Å². The number of aryl methyl sites for hydroxylation is 1. The van der Waals surface area contributed by atoms with Crippen molar-refractivity contribution < 1.29 is 4.79 Å². The molecule has 1 aliphatic rings. The molecule has 88 valence electrons. The van der Waals surface area contributed by atoms with Crippen molar-refractivity contribution in [2.75, 3.05) is 6.54 Å². The van der Waals surface area contributed by atoms with Gasteiger partial charge in [0.1, 0.15) is 0 Å². The van der Waals surface area contributed by atoms with E-state index < -0.39 is 0 Å². The maximum Gasteiger partial charge on any atom is 0.226 e. The molecule has 1 unspecified atom stereocenters. The summed E-state index contributed by atoms with van der Waals surface area (Å²) in [5.74, 6) is -0.473. The van der Waals surface area contributed by atoms with Crippen LogP contribution in [0, 0.1) is 0 Å². The fourth-order valence-corrected chi connectivity index (χ4v) is 2.76. The molecule has 0 bridgehead atoms. The number of aromatic nitrogens is 1. The largest absolute Gasteiger partial charge is 0.369 e. The summed E-state index contributed by atoms with van der Waals surface area (Å²) in [7, 11) is 2.03. The third kappa shape index (κ3) is 1.37. The summed E-state index contributed by atoms with van der Waals surface area (Å²) < 4.78 is 2.15. The zero-order valence-corrected chi connectivity index (χ0v) is 9.73. The van der Waals surface area contributed by atoms with Gasteiger partial charge in [-0.2, -0.15) is 0 Å². The van der Waals surface area contributed by atoms with Gasteiger partial charge in [0, 0.05) is 36.7 Å². The number of nitrogens with two attached hydrogens (primary N) is 1. The molecule has 0 fully saturated rings. The third-order valence-electron chi connectivity index (χ3n) is 3.60. The third-order valence-corrected chi connectivity index (χ3v) is 3.60. The second-order valence-electron chi connectivity index (χ2n) is 4.52. The number of nitrogens with zero attached hydrogens (tertiary/aromatic N) is 1. The zero-order valence-electron chi connectivity index (χ0n) is 9.73. The molecule has 0 radical (unpaired) electrons. The number of carbonyl (C=O) groups is 1. The number of fused-ring (bicyclic) bond motifs is 3. The van der Waals surface area contributed by atoms with Crippen LogP contribution in [0.15, 0.2) is 24.3 Å². The van der Waals surface area contributed by atoms with Gasteiger partial charge in [-0.3, -0.25) is 4.79 Å². The average molecular weight is 229 g/mol. The summed E-state index contributed by atoms with van der Waals surface area (Å²) in [4.78, 5) is 11.5. The Morgan fingerprint density at radius 2 is 2.24 bits per heavy atom. The molecule has 2 aromatic rings. The number of para-hydroxylation sites is 1. The van der Waals surface area contributed by atoms with Gasteiger partial charge in [-0.15, -0.1) is 0 Å². The summed E-state index contributed by atoms with van der Waals surface area (Å²) in [6.45, 7) is 1.43. The van der Waals surface area contributed by atoms with Crippen LogP contribution in [0.4, 0.5) is 0 Å². The van der Waals surface area contributed by atoms with Crippen molar-refractivity contribution in [2.45, 2.75) is 12.5 Å². The minimum Gasteiger partial charge on any atom is -0.369 e. The maximum atomic E-state index is 11.5. The fourth-order valence-electron chi connectivity index (χ4n) is 2.76. The van der Waals surface area contributed by atoms with Gasteiger partial charge in [0.15, 0.2) is 0 Å². The molecular formula is C13H15N3O. The first-order chi connectivity index (χ1) is 8.20. The highest BCUT2D eigenvalue weighted by molar-refractivity contribution is 5.93. The molecule has 0 saturated heterocycles. The normalized spacial score (nSPS) is 19.2. The highest BCUT2D eigenvalue weighted by Gasteiger charge is 2.29. The van der Waals surface area contributed by atoms with Crippen LogP contribution in [0.2, 0.25) is 0 Å². The van der Waals surface area contributed by atoms with Crippen molar-refractivity contribution in [1.29, 1.82) is 0 Å². The topological polar surface area (TPSA) is 60.0 Å². The Hall–Kier alpha value is -1.81. The lowest BCUT2D eigenvalue weighted by molar-refractivity contribution is -0.119. The molecule has 1 aliphatic heterocycles. The maximum absolute atomic E-state index is 11.5. The van der Waals surface area contributed by atoms with E-state index in [0.29, 0.717) is 6.54 Å². The summed E-state index contributed by atoms with van der Waals surface area (Å²) in [6, 6.07) is 8.16. The first kappa shape index (κ1) is 10.4. The Kier molecular flexibility index (Phi) is 2.19. The van der Waals surface area contributed by atoms with Crippen molar-refractivity contribution >= 4 is 16.8 Å². The molecule has 4 nitrogen and oxygen atoms in total. The van der Waals surface area contributed by atoms with Gasteiger partial charge in [-0.1, -0.05) is 18.2 Å².